The van der Waals surface area contributed by atoms with Crippen molar-refractivity contribution in [2.24, 2.45) is 5.73 Å². The lowest BCUT2D eigenvalue weighted by Gasteiger charge is -2.43. The van der Waals surface area contributed by atoms with E-state index in [1.54, 1.807) is 0 Å². The number of aliphatic hydroxyl groups is 4. The molecule has 2 atom stereocenters. The zero-order valence-corrected chi connectivity index (χ0v) is 6.06. The molecule has 6 N–H and O–H groups in total. The molecule has 11 heavy (non-hydrogen) atoms. The van der Waals surface area contributed by atoms with E-state index in [0.717, 1.165) is 0 Å². The van der Waals surface area contributed by atoms with Crippen molar-refractivity contribution in [1.82, 2.24) is 0 Å². The Morgan fingerprint density at radius 3 is 2.18 bits per heavy atom. The average molecular weight is 163 g/mol. The van der Waals surface area contributed by atoms with Crippen LogP contribution in [-0.4, -0.2) is 38.0 Å². The number of nitrogens with two attached hydrogens (primary N) is 1. The van der Waals surface area contributed by atoms with Crippen molar-refractivity contribution in [3.63, 3.8) is 0 Å². The highest BCUT2D eigenvalue weighted by atomic mass is 16.6. The van der Waals surface area contributed by atoms with Crippen LogP contribution < -0.4 is 5.73 Å². The van der Waals surface area contributed by atoms with Gasteiger partial charge in [-0.05, 0) is 19.3 Å². The molecule has 2 unspecified atom stereocenters. The van der Waals surface area contributed by atoms with E-state index in [1.165, 1.54) is 0 Å². The highest BCUT2D eigenvalue weighted by Gasteiger charge is 2.53. The van der Waals surface area contributed by atoms with Gasteiger partial charge in [-0.1, -0.05) is 0 Å². The molecule has 0 aliphatic heterocycles. The molecule has 0 spiro atoms. The number of aliphatic hydroxyl groups excluding tert-OH is 1. The van der Waals surface area contributed by atoms with E-state index in [-0.39, 0.29) is 12.8 Å². The van der Waals surface area contributed by atoms with E-state index in [9.17, 15) is 5.11 Å². The molecule has 0 aromatic heterocycles. The van der Waals surface area contributed by atoms with Crippen LogP contribution in [-0.2, 0) is 0 Å². The second-order valence-corrected chi connectivity index (χ2v) is 3.06. The minimum atomic E-state index is -2.58. The molecule has 0 aromatic rings. The quantitative estimate of drug-likeness (QED) is 0.262. The standard InChI is InChI=1S/C6H13NO4/c7-5(9)3-1-2-4(8)6(5,10)11/h4,8-11H,1-3,7H2. The first kappa shape index (κ1) is 8.89. The van der Waals surface area contributed by atoms with E-state index in [4.69, 9.17) is 21.1 Å². The SMILES string of the molecule is NC1(O)CCCC(O)C1(O)O. The lowest BCUT2D eigenvalue weighted by atomic mass is 9.84. The second kappa shape index (κ2) is 2.40. The monoisotopic (exact) mass is 163 g/mol. The third-order valence-corrected chi connectivity index (χ3v) is 2.14. The highest BCUT2D eigenvalue weighted by Crippen LogP contribution is 2.31. The zero-order valence-electron chi connectivity index (χ0n) is 6.06. The van der Waals surface area contributed by atoms with Gasteiger partial charge in [0.15, 0.2) is 5.72 Å². The lowest BCUT2D eigenvalue weighted by Crippen LogP contribution is -2.68. The molecule has 5 nitrogen and oxygen atoms in total. The predicted molar refractivity (Wildman–Crippen MR) is 36.2 cm³/mol. The van der Waals surface area contributed by atoms with E-state index >= 15 is 0 Å². The Balaban J connectivity index is 2.82. The van der Waals surface area contributed by atoms with E-state index in [2.05, 4.69) is 0 Å². The Labute approximate surface area is 64.1 Å². The Morgan fingerprint density at radius 1 is 1.27 bits per heavy atom. The van der Waals surface area contributed by atoms with Gasteiger partial charge in [0.25, 0.3) is 0 Å². The van der Waals surface area contributed by atoms with Crippen LogP contribution in [0.5, 0.6) is 0 Å². The summed E-state index contributed by atoms with van der Waals surface area (Å²) in [5, 5.41) is 36.4. The fourth-order valence-electron chi connectivity index (χ4n) is 1.24. The van der Waals surface area contributed by atoms with E-state index in [1.807, 2.05) is 0 Å². The van der Waals surface area contributed by atoms with Crippen molar-refractivity contribution in [2.75, 3.05) is 0 Å². The maximum absolute atomic E-state index is 9.19. The molecule has 1 fully saturated rings. The van der Waals surface area contributed by atoms with Crippen molar-refractivity contribution < 1.29 is 20.4 Å². The molecule has 5 heteroatoms. The Kier molecular flexibility index (Phi) is 1.94. The van der Waals surface area contributed by atoms with Gasteiger partial charge in [0.2, 0.25) is 5.79 Å². The van der Waals surface area contributed by atoms with Crippen molar-refractivity contribution in [3.05, 3.63) is 0 Å². The Bertz CT molecular complexity index is 157. The fourth-order valence-corrected chi connectivity index (χ4v) is 1.24. The largest absolute Gasteiger partial charge is 0.387 e. The molecule has 1 saturated carbocycles. The molecular formula is C6H13NO4. The molecule has 0 aromatic carbocycles. The lowest BCUT2D eigenvalue weighted by molar-refractivity contribution is -0.328. The topological polar surface area (TPSA) is 107 Å². The van der Waals surface area contributed by atoms with Gasteiger partial charge in [-0.15, -0.1) is 0 Å². The molecule has 0 heterocycles. The van der Waals surface area contributed by atoms with Gasteiger partial charge in [-0.25, -0.2) is 0 Å². The van der Waals surface area contributed by atoms with Crippen LogP contribution in [0.3, 0.4) is 0 Å². The molecule has 0 bridgehead atoms. The number of hydrogen-bond acceptors (Lipinski definition) is 5. The van der Waals surface area contributed by atoms with Crippen LogP contribution in [0.25, 0.3) is 0 Å². The van der Waals surface area contributed by atoms with Gasteiger partial charge in [-0.2, -0.15) is 0 Å². The summed E-state index contributed by atoms with van der Waals surface area (Å²) in [7, 11) is 0. The predicted octanol–water partition coefficient (Wildman–Crippen LogP) is -2.14. The van der Waals surface area contributed by atoms with Crippen molar-refractivity contribution in [1.29, 1.82) is 0 Å². The van der Waals surface area contributed by atoms with Crippen molar-refractivity contribution in [2.45, 2.75) is 36.9 Å². The Hall–Kier alpha value is -0.200. The summed E-state index contributed by atoms with van der Waals surface area (Å²) in [6, 6.07) is 0. The zero-order chi connectivity index (χ0) is 8.70. The second-order valence-electron chi connectivity index (χ2n) is 3.06. The minimum Gasteiger partial charge on any atom is -0.387 e. The van der Waals surface area contributed by atoms with Gasteiger partial charge in [-0.3, -0.25) is 5.73 Å². The first-order valence-corrected chi connectivity index (χ1v) is 3.52. The summed E-state index contributed by atoms with van der Waals surface area (Å²) in [6.45, 7) is 0. The van der Waals surface area contributed by atoms with Crippen LogP contribution >= 0.6 is 0 Å². The smallest absolute Gasteiger partial charge is 0.233 e. The summed E-state index contributed by atoms with van der Waals surface area (Å²) in [5.41, 5.74) is 3.05. The van der Waals surface area contributed by atoms with E-state index in [0.29, 0.717) is 6.42 Å². The summed E-state index contributed by atoms with van der Waals surface area (Å²) < 4.78 is 0. The minimum absolute atomic E-state index is 0.0804. The fraction of sp³-hybridized carbons (Fsp3) is 1.00. The third kappa shape index (κ3) is 1.25. The van der Waals surface area contributed by atoms with Crippen LogP contribution in [0.2, 0.25) is 0 Å². The molecular weight excluding hydrogens is 150 g/mol. The Morgan fingerprint density at radius 2 is 1.82 bits per heavy atom. The molecule has 1 rings (SSSR count). The molecule has 0 radical (unpaired) electrons. The molecule has 66 valence electrons. The third-order valence-electron chi connectivity index (χ3n) is 2.14. The number of hydrogen-bond donors (Lipinski definition) is 5. The molecule has 0 saturated heterocycles. The summed E-state index contributed by atoms with van der Waals surface area (Å²) in [6.07, 6.45) is -0.563. The van der Waals surface area contributed by atoms with E-state index < -0.39 is 17.6 Å². The van der Waals surface area contributed by atoms with Gasteiger partial charge in [0, 0.05) is 0 Å². The molecule has 0 amide bonds. The van der Waals surface area contributed by atoms with Crippen molar-refractivity contribution >= 4 is 0 Å². The summed E-state index contributed by atoms with van der Waals surface area (Å²) in [4.78, 5) is 0. The first-order valence-electron chi connectivity index (χ1n) is 3.52. The van der Waals surface area contributed by atoms with Crippen LogP contribution in [0.4, 0.5) is 0 Å². The van der Waals surface area contributed by atoms with Gasteiger partial charge >= 0.3 is 0 Å². The molecule has 1 aliphatic carbocycles. The van der Waals surface area contributed by atoms with Gasteiger partial charge in [0.1, 0.15) is 6.10 Å². The van der Waals surface area contributed by atoms with Crippen LogP contribution in [0.1, 0.15) is 19.3 Å². The number of rotatable bonds is 0. The molecule has 1 aliphatic rings. The maximum atomic E-state index is 9.19. The summed E-state index contributed by atoms with van der Waals surface area (Å²) in [5.74, 6) is -2.58. The average Bonchev–Trinajstić information content (AvgIpc) is 1.84. The van der Waals surface area contributed by atoms with Crippen molar-refractivity contribution in [3.8, 4) is 0 Å². The van der Waals surface area contributed by atoms with Crippen LogP contribution in [0.15, 0.2) is 0 Å². The van der Waals surface area contributed by atoms with Crippen LogP contribution in [0, 0.1) is 0 Å². The highest BCUT2D eigenvalue weighted by molar-refractivity contribution is 4.96. The van der Waals surface area contributed by atoms with Gasteiger partial charge in [0.05, 0.1) is 0 Å². The normalized spacial score (nSPS) is 43.9. The maximum Gasteiger partial charge on any atom is 0.233 e. The first-order chi connectivity index (χ1) is 4.88. The summed E-state index contributed by atoms with van der Waals surface area (Å²) >= 11 is 0. The van der Waals surface area contributed by atoms with Gasteiger partial charge < -0.3 is 20.4 Å².